The highest BCUT2D eigenvalue weighted by Crippen LogP contribution is 2.30. The van der Waals surface area contributed by atoms with Gasteiger partial charge in [0.2, 0.25) is 0 Å². The van der Waals surface area contributed by atoms with Crippen LogP contribution in [0.15, 0.2) is 24.3 Å². The third kappa shape index (κ3) is 3.05. The van der Waals surface area contributed by atoms with Crippen molar-refractivity contribution in [2.45, 2.75) is 18.4 Å². The topological polar surface area (TPSA) is 38.3 Å². The average Bonchev–Trinajstić information content (AvgIpc) is 2.52. The summed E-state index contributed by atoms with van der Waals surface area (Å²) in [4.78, 5) is 10.8. The van der Waals surface area contributed by atoms with Gasteiger partial charge in [0.25, 0.3) is 0 Å². The van der Waals surface area contributed by atoms with Gasteiger partial charge >= 0.3 is 11.9 Å². The fourth-order valence-corrected chi connectivity index (χ4v) is 1.92. The smallest absolute Gasteiger partial charge is 0.377 e. The van der Waals surface area contributed by atoms with Crippen molar-refractivity contribution >= 4 is 34.2 Å². The van der Waals surface area contributed by atoms with Gasteiger partial charge in [-0.1, -0.05) is 0 Å². The molecule has 17 heavy (non-hydrogen) atoms. The van der Waals surface area contributed by atoms with E-state index in [-0.39, 0.29) is 6.54 Å². The molecular formula is C11H10F2INO2. The van der Waals surface area contributed by atoms with Crippen LogP contribution in [0.5, 0.6) is 0 Å². The summed E-state index contributed by atoms with van der Waals surface area (Å²) in [5.41, 5.74) is 0.816. The first-order valence-electron chi connectivity index (χ1n) is 5.06. The Morgan fingerprint density at radius 3 is 2.59 bits per heavy atom. The van der Waals surface area contributed by atoms with Crippen molar-refractivity contribution in [2.75, 3.05) is 11.9 Å². The predicted molar refractivity (Wildman–Crippen MR) is 67.1 cm³/mol. The fraction of sp³-hybridized carbons (Fsp3) is 0.364. The van der Waals surface area contributed by atoms with Gasteiger partial charge in [-0.05, 0) is 46.9 Å². The molecule has 1 unspecified atom stereocenters. The van der Waals surface area contributed by atoms with E-state index in [1.807, 2.05) is 24.3 Å². The Morgan fingerprint density at radius 2 is 2.06 bits per heavy atom. The van der Waals surface area contributed by atoms with Crippen LogP contribution < -0.4 is 5.32 Å². The Balaban J connectivity index is 1.88. The Kier molecular flexibility index (Phi) is 3.50. The lowest BCUT2D eigenvalue weighted by molar-refractivity contribution is -0.158. The Bertz CT molecular complexity index is 422. The predicted octanol–water partition coefficient (Wildman–Crippen LogP) is 2.65. The maximum Gasteiger partial charge on any atom is 0.377 e. The SMILES string of the molecule is O=C1OC(CNc2ccc(I)cc2)CC1(F)F. The van der Waals surface area contributed by atoms with Gasteiger partial charge in [0.15, 0.2) is 0 Å². The molecule has 2 rings (SSSR count). The summed E-state index contributed by atoms with van der Waals surface area (Å²) in [6, 6.07) is 7.49. The van der Waals surface area contributed by atoms with Gasteiger partial charge in [0, 0.05) is 9.26 Å². The number of esters is 1. The molecule has 1 aromatic rings. The van der Waals surface area contributed by atoms with Gasteiger partial charge in [-0.3, -0.25) is 0 Å². The van der Waals surface area contributed by atoms with Gasteiger partial charge in [0.05, 0.1) is 13.0 Å². The Morgan fingerprint density at radius 1 is 1.41 bits per heavy atom. The number of carbonyl (C=O) groups is 1. The second-order valence-electron chi connectivity index (χ2n) is 3.82. The molecule has 1 aliphatic rings. The van der Waals surface area contributed by atoms with E-state index in [0.717, 1.165) is 9.26 Å². The highest BCUT2D eigenvalue weighted by atomic mass is 127. The van der Waals surface area contributed by atoms with Crippen molar-refractivity contribution in [1.29, 1.82) is 0 Å². The summed E-state index contributed by atoms with van der Waals surface area (Å²) < 4.78 is 31.4. The maximum atomic E-state index is 12.9. The minimum Gasteiger partial charge on any atom is -0.456 e. The lowest BCUT2D eigenvalue weighted by atomic mass is 10.2. The molecule has 3 nitrogen and oxygen atoms in total. The summed E-state index contributed by atoms with van der Waals surface area (Å²) in [6.45, 7) is 0.196. The van der Waals surface area contributed by atoms with Crippen LogP contribution in [0.25, 0.3) is 0 Å². The molecule has 1 fully saturated rings. The number of alkyl halides is 2. The van der Waals surface area contributed by atoms with Crippen LogP contribution in [0.3, 0.4) is 0 Å². The fourth-order valence-electron chi connectivity index (χ4n) is 1.56. The van der Waals surface area contributed by atoms with E-state index >= 15 is 0 Å². The first-order chi connectivity index (χ1) is 7.97. The number of anilines is 1. The molecule has 6 heteroatoms. The van der Waals surface area contributed by atoms with Crippen LogP contribution in [-0.2, 0) is 9.53 Å². The summed E-state index contributed by atoms with van der Waals surface area (Å²) in [5.74, 6) is -4.76. The molecule has 0 saturated carbocycles. The number of carbonyl (C=O) groups excluding carboxylic acids is 1. The molecule has 0 spiro atoms. The number of hydrogen-bond acceptors (Lipinski definition) is 3. The van der Waals surface area contributed by atoms with E-state index in [0.29, 0.717) is 0 Å². The summed E-state index contributed by atoms with van der Waals surface area (Å²) in [5, 5.41) is 2.96. The van der Waals surface area contributed by atoms with Gasteiger partial charge in [0.1, 0.15) is 6.10 Å². The van der Waals surface area contributed by atoms with Crippen LogP contribution >= 0.6 is 22.6 Å². The van der Waals surface area contributed by atoms with Gasteiger partial charge < -0.3 is 10.1 Å². The van der Waals surface area contributed by atoms with Crippen molar-refractivity contribution < 1.29 is 18.3 Å². The molecule has 0 bridgehead atoms. The summed E-state index contributed by atoms with van der Waals surface area (Å²) in [7, 11) is 0. The van der Waals surface area contributed by atoms with Crippen molar-refractivity contribution in [3.63, 3.8) is 0 Å². The molecule has 1 N–H and O–H groups in total. The molecule has 0 aromatic heterocycles. The monoisotopic (exact) mass is 353 g/mol. The van der Waals surface area contributed by atoms with Crippen LogP contribution in [-0.4, -0.2) is 24.5 Å². The van der Waals surface area contributed by atoms with E-state index in [1.54, 1.807) is 0 Å². The summed E-state index contributed by atoms with van der Waals surface area (Å²) in [6.07, 6.45) is -1.32. The van der Waals surface area contributed by atoms with E-state index in [4.69, 9.17) is 0 Å². The van der Waals surface area contributed by atoms with E-state index in [1.165, 1.54) is 0 Å². The second-order valence-corrected chi connectivity index (χ2v) is 5.07. The third-order valence-corrected chi connectivity index (χ3v) is 3.15. The minimum absolute atomic E-state index is 0.196. The number of cyclic esters (lactones) is 1. The van der Waals surface area contributed by atoms with E-state index < -0.39 is 24.4 Å². The zero-order valence-electron chi connectivity index (χ0n) is 8.75. The number of rotatable bonds is 3. The molecule has 0 radical (unpaired) electrons. The van der Waals surface area contributed by atoms with Crippen LogP contribution in [0.4, 0.5) is 14.5 Å². The molecule has 1 aromatic carbocycles. The Hall–Kier alpha value is -0.920. The standard InChI is InChI=1S/C11H10F2INO2/c12-11(13)5-9(17-10(11)16)6-15-8-3-1-7(14)2-4-8/h1-4,9,15H,5-6H2. The highest BCUT2D eigenvalue weighted by molar-refractivity contribution is 14.1. The molecule has 0 amide bonds. The van der Waals surface area contributed by atoms with E-state index in [2.05, 4.69) is 32.6 Å². The molecule has 1 saturated heterocycles. The number of hydrogen-bond donors (Lipinski definition) is 1. The van der Waals surface area contributed by atoms with Crippen molar-refractivity contribution in [3.8, 4) is 0 Å². The molecule has 92 valence electrons. The van der Waals surface area contributed by atoms with Gasteiger partial charge in [-0.2, -0.15) is 8.78 Å². The van der Waals surface area contributed by atoms with Crippen LogP contribution in [0.1, 0.15) is 6.42 Å². The molecule has 1 atom stereocenters. The van der Waals surface area contributed by atoms with Gasteiger partial charge in [-0.25, -0.2) is 4.79 Å². The number of ether oxygens (including phenoxy) is 1. The lowest BCUT2D eigenvalue weighted by Gasteiger charge is -2.11. The third-order valence-electron chi connectivity index (χ3n) is 2.43. The largest absolute Gasteiger partial charge is 0.456 e. The first-order valence-corrected chi connectivity index (χ1v) is 6.13. The molecule has 1 aliphatic heterocycles. The van der Waals surface area contributed by atoms with E-state index in [9.17, 15) is 13.6 Å². The molecule has 1 heterocycles. The highest BCUT2D eigenvalue weighted by Gasteiger charge is 2.50. The lowest BCUT2D eigenvalue weighted by Crippen LogP contribution is -2.22. The first kappa shape index (κ1) is 12.5. The maximum absolute atomic E-state index is 12.9. The quantitative estimate of drug-likeness (QED) is 0.671. The zero-order chi connectivity index (χ0) is 12.5. The minimum atomic E-state index is -3.33. The van der Waals surface area contributed by atoms with Crippen molar-refractivity contribution in [3.05, 3.63) is 27.8 Å². The number of halogens is 3. The van der Waals surface area contributed by atoms with Gasteiger partial charge in [-0.15, -0.1) is 0 Å². The van der Waals surface area contributed by atoms with Crippen LogP contribution in [0, 0.1) is 3.57 Å². The summed E-state index contributed by atoms with van der Waals surface area (Å²) >= 11 is 2.17. The van der Waals surface area contributed by atoms with Crippen LogP contribution in [0.2, 0.25) is 0 Å². The molecule has 0 aliphatic carbocycles. The number of nitrogens with one attached hydrogen (secondary N) is 1. The van der Waals surface area contributed by atoms with Crippen molar-refractivity contribution in [2.24, 2.45) is 0 Å². The average molecular weight is 353 g/mol. The number of benzene rings is 1. The van der Waals surface area contributed by atoms with Crippen molar-refractivity contribution in [1.82, 2.24) is 0 Å². The second kappa shape index (κ2) is 4.75. The Labute approximate surface area is 111 Å². The molecular weight excluding hydrogens is 343 g/mol. The normalized spacial score (nSPS) is 22.3. The zero-order valence-corrected chi connectivity index (χ0v) is 10.9.